The van der Waals surface area contributed by atoms with Crippen LogP contribution in [-0.4, -0.2) is 34.4 Å². The highest BCUT2D eigenvalue weighted by molar-refractivity contribution is 7.99. The van der Waals surface area contributed by atoms with E-state index < -0.39 is 0 Å². The fourth-order valence-electron chi connectivity index (χ4n) is 2.77. The summed E-state index contributed by atoms with van der Waals surface area (Å²) in [6.07, 6.45) is 6.26. The lowest BCUT2D eigenvalue weighted by atomic mass is 10.2. The number of rotatable bonds is 11. The van der Waals surface area contributed by atoms with Crippen molar-refractivity contribution in [3.05, 3.63) is 54.1 Å². The van der Waals surface area contributed by atoms with Crippen LogP contribution in [0.25, 0.3) is 11.0 Å². The average molecular weight is 411 g/mol. The minimum absolute atomic E-state index is 0.190. The zero-order valence-corrected chi connectivity index (χ0v) is 17.4. The van der Waals surface area contributed by atoms with Gasteiger partial charge in [0.05, 0.1) is 29.6 Å². The number of nitrogens with zero attached hydrogens (tertiary/aromatic N) is 2. The van der Waals surface area contributed by atoms with Gasteiger partial charge in [-0.1, -0.05) is 62.2 Å². The predicted molar refractivity (Wildman–Crippen MR) is 119 cm³/mol. The van der Waals surface area contributed by atoms with Crippen molar-refractivity contribution in [2.45, 2.75) is 37.8 Å². The van der Waals surface area contributed by atoms with E-state index in [0.717, 1.165) is 28.8 Å². The smallest absolute Gasteiger partial charge is 0.250 e. The highest BCUT2D eigenvalue weighted by Gasteiger charge is 2.06. The number of aromatic amines is 1. The number of H-pyrrole nitrogens is 1. The Balaban J connectivity index is 1.45. The van der Waals surface area contributed by atoms with Crippen LogP contribution in [0.4, 0.5) is 0 Å². The van der Waals surface area contributed by atoms with Gasteiger partial charge in [0, 0.05) is 5.56 Å². The number of aromatic nitrogens is 2. The Kier molecular flexibility index (Phi) is 8.12. The van der Waals surface area contributed by atoms with Crippen molar-refractivity contribution in [1.29, 1.82) is 0 Å². The first kappa shape index (κ1) is 20.9. The molecule has 1 amide bonds. The van der Waals surface area contributed by atoms with Gasteiger partial charge in [-0.05, 0) is 30.7 Å². The molecule has 0 saturated heterocycles. The summed E-state index contributed by atoms with van der Waals surface area (Å²) in [6, 6.07) is 15.5. The molecule has 0 bridgehead atoms. The fourth-order valence-corrected chi connectivity index (χ4v) is 3.44. The molecule has 2 aromatic carbocycles. The van der Waals surface area contributed by atoms with E-state index in [2.05, 4.69) is 27.4 Å². The molecule has 6 nitrogen and oxygen atoms in total. The Morgan fingerprint density at radius 1 is 1.17 bits per heavy atom. The first-order chi connectivity index (χ1) is 14.3. The molecule has 29 heavy (non-hydrogen) atoms. The SMILES string of the molecule is CCCCCCOc1ccccc1/C=N/NC(=O)CSc1nc2ccccc2[nH]1. The van der Waals surface area contributed by atoms with E-state index in [-0.39, 0.29) is 11.7 Å². The number of carbonyl (C=O) groups is 1. The topological polar surface area (TPSA) is 79.4 Å². The highest BCUT2D eigenvalue weighted by atomic mass is 32.2. The van der Waals surface area contributed by atoms with Crippen LogP contribution in [-0.2, 0) is 4.79 Å². The van der Waals surface area contributed by atoms with E-state index in [1.54, 1.807) is 6.21 Å². The number of hydrazone groups is 1. The van der Waals surface area contributed by atoms with Gasteiger partial charge >= 0.3 is 0 Å². The van der Waals surface area contributed by atoms with E-state index in [1.807, 2.05) is 48.5 Å². The Morgan fingerprint density at radius 3 is 2.86 bits per heavy atom. The van der Waals surface area contributed by atoms with Gasteiger partial charge in [-0.2, -0.15) is 5.10 Å². The predicted octanol–water partition coefficient (Wildman–Crippen LogP) is 4.76. The molecule has 0 atom stereocenters. The minimum atomic E-state index is -0.190. The molecule has 1 heterocycles. The van der Waals surface area contributed by atoms with Crippen LogP contribution in [0.1, 0.15) is 38.2 Å². The molecule has 0 radical (unpaired) electrons. The lowest BCUT2D eigenvalue weighted by Crippen LogP contribution is -2.19. The quantitative estimate of drug-likeness (QED) is 0.207. The van der Waals surface area contributed by atoms with E-state index in [9.17, 15) is 4.79 Å². The summed E-state index contributed by atoms with van der Waals surface area (Å²) >= 11 is 1.34. The highest BCUT2D eigenvalue weighted by Crippen LogP contribution is 2.19. The van der Waals surface area contributed by atoms with E-state index in [1.165, 1.54) is 31.0 Å². The van der Waals surface area contributed by atoms with Crippen molar-refractivity contribution in [1.82, 2.24) is 15.4 Å². The van der Waals surface area contributed by atoms with Gasteiger partial charge in [0.25, 0.3) is 5.91 Å². The molecule has 3 aromatic rings. The maximum absolute atomic E-state index is 12.1. The minimum Gasteiger partial charge on any atom is -0.493 e. The van der Waals surface area contributed by atoms with E-state index in [0.29, 0.717) is 11.8 Å². The summed E-state index contributed by atoms with van der Waals surface area (Å²) in [6.45, 7) is 2.88. The number of unbranched alkanes of at least 4 members (excludes halogenated alkanes) is 3. The van der Waals surface area contributed by atoms with Gasteiger partial charge in [-0.3, -0.25) is 4.79 Å². The normalized spacial score (nSPS) is 11.2. The number of hydrogen-bond donors (Lipinski definition) is 2. The zero-order chi connectivity index (χ0) is 20.3. The summed E-state index contributed by atoms with van der Waals surface area (Å²) in [5, 5.41) is 4.78. The van der Waals surface area contributed by atoms with Crippen molar-refractivity contribution in [2.75, 3.05) is 12.4 Å². The van der Waals surface area contributed by atoms with Crippen molar-refractivity contribution in [3.63, 3.8) is 0 Å². The number of fused-ring (bicyclic) bond motifs is 1. The van der Waals surface area contributed by atoms with Crippen LogP contribution < -0.4 is 10.2 Å². The fraction of sp³-hybridized carbons (Fsp3) is 0.318. The zero-order valence-electron chi connectivity index (χ0n) is 16.6. The molecule has 0 unspecified atom stereocenters. The average Bonchev–Trinajstić information content (AvgIpc) is 3.16. The number of carbonyl (C=O) groups excluding carboxylic acids is 1. The second kappa shape index (κ2) is 11.3. The summed E-state index contributed by atoms with van der Waals surface area (Å²) in [7, 11) is 0. The van der Waals surface area contributed by atoms with Crippen molar-refractivity contribution >= 4 is 34.9 Å². The second-order valence-electron chi connectivity index (χ2n) is 6.59. The van der Waals surface area contributed by atoms with Crippen molar-refractivity contribution in [2.24, 2.45) is 5.10 Å². The Hall–Kier alpha value is -2.80. The molecule has 2 N–H and O–H groups in total. The molecule has 1 aromatic heterocycles. The van der Waals surface area contributed by atoms with Crippen LogP contribution in [0.5, 0.6) is 5.75 Å². The number of para-hydroxylation sites is 3. The molecular formula is C22H26N4O2S. The van der Waals surface area contributed by atoms with Crippen LogP contribution in [0.3, 0.4) is 0 Å². The number of hydrogen-bond acceptors (Lipinski definition) is 5. The molecule has 152 valence electrons. The number of nitrogens with one attached hydrogen (secondary N) is 2. The lowest BCUT2D eigenvalue weighted by Gasteiger charge is -2.08. The third-order valence-electron chi connectivity index (χ3n) is 4.27. The van der Waals surface area contributed by atoms with Crippen molar-refractivity contribution in [3.8, 4) is 5.75 Å². The van der Waals surface area contributed by atoms with Gasteiger partial charge in [-0.25, -0.2) is 10.4 Å². The standard InChI is InChI=1S/C22H26N4O2S/c1-2-3-4-9-14-28-20-13-8-5-10-17(20)15-23-26-21(27)16-29-22-24-18-11-6-7-12-19(18)25-22/h5-8,10-13,15H,2-4,9,14,16H2,1H3,(H,24,25)(H,26,27)/b23-15+. The third kappa shape index (κ3) is 6.64. The number of ether oxygens (including phenoxy) is 1. The van der Waals surface area contributed by atoms with Crippen LogP contribution >= 0.6 is 11.8 Å². The van der Waals surface area contributed by atoms with E-state index in [4.69, 9.17) is 4.74 Å². The molecule has 0 fully saturated rings. The maximum Gasteiger partial charge on any atom is 0.250 e. The lowest BCUT2D eigenvalue weighted by molar-refractivity contribution is -0.118. The first-order valence-corrected chi connectivity index (χ1v) is 10.9. The van der Waals surface area contributed by atoms with Gasteiger partial charge < -0.3 is 9.72 Å². The molecule has 0 aliphatic rings. The monoisotopic (exact) mass is 410 g/mol. The van der Waals surface area contributed by atoms with Crippen LogP contribution in [0, 0.1) is 0 Å². The van der Waals surface area contributed by atoms with Gasteiger partial charge in [-0.15, -0.1) is 0 Å². The Labute approximate surface area is 175 Å². The Morgan fingerprint density at radius 2 is 2.00 bits per heavy atom. The molecule has 7 heteroatoms. The van der Waals surface area contributed by atoms with Gasteiger partial charge in [0.2, 0.25) is 0 Å². The summed E-state index contributed by atoms with van der Waals surface area (Å²) in [5.74, 6) is 0.815. The Bertz CT molecular complexity index is 922. The number of imidazole rings is 1. The second-order valence-corrected chi connectivity index (χ2v) is 7.55. The van der Waals surface area contributed by atoms with Gasteiger partial charge in [0.15, 0.2) is 5.16 Å². The maximum atomic E-state index is 12.1. The molecule has 0 aliphatic heterocycles. The molecule has 0 saturated carbocycles. The third-order valence-corrected chi connectivity index (χ3v) is 5.15. The molecule has 3 rings (SSSR count). The number of benzene rings is 2. The van der Waals surface area contributed by atoms with Crippen LogP contribution in [0.15, 0.2) is 58.8 Å². The number of thioether (sulfide) groups is 1. The first-order valence-electron chi connectivity index (χ1n) is 9.87. The molecule has 0 spiro atoms. The number of amides is 1. The van der Waals surface area contributed by atoms with Crippen molar-refractivity contribution < 1.29 is 9.53 Å². The summed E-state index contributed by atoms with van der Waals surface area (Å²) in [4.78, 5) is 19.7. The largest absolute Gasteiger partial charge is 0.493 e. The summed E-state index contributed by atoms with van der Waals surface area (Å²) < 4.78 is 5.85. The van der Waals surface area contributed by atoms with Gasteiger partial charge in [0.1, 0.15) is 5.75 Å². The van der Waals surface area contributed by atoms with E-state index >= 15 is 0 Å². The van der Waals surface area contributed by atoms with Crippen LogP contribution in [0.2, 0.25) is 0 Å². The summed E-state index contributed by atoms with van der Waals surface area (Å²) in [5.41, 5.74) is 5.25. The molecular weight excluding hydrogens is 384 g/mol. The molecule has 0 aliphatic carbocycles.